The van der Waals surface area contributed by atoms with Gasteiger partial charge in [-0.25, -0.2) is 8.42 Å². The number of piperidine rings is 1. The fraction of sp³-hybridized carbons (Fsp3) is 0.273. The van der Waals surface area contributed by atoms with Crippen molar-refractivity contribution in [3.63, 3.8) is 0 Å². The molecule has 0 radical (unpaired) electrons. The summed E-state index contributed by atoms with van der Waals surface area (Å²) < 4.78 is 29.4. The van der Waals surface area contributed by atoms with Gasteiger partial charge in [0, 0.05) is 36.2 Å². The number of thiazole rings is 1. The lowest BCUT2D eigenvalue weighted by molar-refractivity contribution is -0.384. The van der Waals surface area contributed by atoms with Crippen LogP contribution in [0.4, 0.5) is 5.69 Å². The maximum Gasteiger partial charge on any atom is 0.271 e. The number of nitro groups is 1. The van der Waals surface area contributed by atoms with Crippen molar-refractivity contribution in [2.45, 2.75) is 24.3 Å². The van der Waals surface area contributed by atoms with E-state index in [-0.39, 0.29) is 36.1 Å². The van der Waals surface area contributed by atoms with Gasteiger partial charge in [0.1, 0.15) is 0 Å². The number of hydrogen-bond acceptors (Lipinski definition) is 6. The van der Waals surface area contributed by atoms with E-state index in [0.29, 0.717) is 28.2 Å². The van der Waals surface area contributed by atoms with Crippen LogP contribution >= 0.6 is 22.9 Å². The third kappa shape index (κ3) is 4.76. The van der Waals surface area contributed by atoms with Gasteiger partial charge >= 0.3 is 0 Å². The summed E-state index contributed by atoms with van der Waals surface area (Å²) in [5.74, 6) is 1.69. The predicted molar refractivity (Wildman–Crippen MR) is 129 cm³/mol. The Balaban J connectivity index is 1.55. The minimum Gasteiger partial charge on any atom is -0.304 e. The summed E-state index contributed by atoms with van der Waals surface area (Å²) in [7, 11) is -3.68. The highest BCUT2D eigenvalue weighted by atomic mass is 35.5. The van der Waals surface area contributed by atoms with Gasteiger partial charge in [-0.2, -0.15) is 9.30 Å². The quantitative estimate of drug-likeness (QED) is 0.291. The summed E-state index contributed by atoms with van der Waals surface area (Å²) in [4.78, 5) is 28.3. The summed E-state index contributed by atoms with van der Waals surface area (Å²) >= 11 is 7.07. The number of fused-ring (bicyclic) bond motifs is 1. The molecule has 0 bridgehead atoms. The predicted octanol–water partition coefficient (Wildman–Crippen LogP) is 3.43. The van der Waals surface area contributed by atoms with Crippen LogP contribution in [0.5, 0.6) is 0 Å². The van der Waals surface area contributed by atoms with E-state index in [1.165, 1.54) is 52.0 Å². The zero-order valence-corrected chi connectivity index (χ0v) is 20.1. The topological polar surface area (TPSA) is 115 Å². The summed E-state index contributed by atoms with van der Waals surface area (Å²) in [6.45, 7) is 0.491. The Morgan fingerprint density at radius 1 is 1.24 bits per heavy atom. The first-order valence-corrected chi connectivity index (χ1v) is 12.9. The van der Waals surface area contributed by atoms with Gasteiger partial charge in [-0.15, -0.1) is 6.42 Å². The van der Waals surface area contributed by atoms with E-state index in [1.807, 2.05) is 0 Å². The average molecular weight is 519 g/mol. The number of carbonyl (C=O) groups excluding carboxylic acids is 1. The van der Waals surface area contributed by atoms with Crippen LogP contribution in [0.3, 0.4) is 0 Å². The van der Waals surface area contributed by atoms with Crippen molar-refractivity contribution in [3.05, 3.63) is 62.4 Å². The molecule has 2 aromatic carbocycles. The first-order valence-electron chi connectivity index (χ1n) is 10.3. The van der Waals surface area contributed by atoms with E-state index in [4.69, 9.17) is 18.0 Å². The maximum atomic E-state index is 12.9. The molecule has 1 saturated heterocycles. The molecule has 0 aliphatic carbocycles. The van der Waals surface area contributed by atoms with E-state index in [2.05, 4.69) is 10.9 Å². The number of hydrogen-bond donors (Lipinski definition) is 0. The summed E-state index contributed by atoms with van der Waals surface area (Å²) in [6, 6.07) is 10.4. The molecule has 4 rings (SSSR count). The molecule has 0 unspecified atom stereocenters. The van der Waals surface area contributed by atoms with Gasteiger partial charge in [0.25, 0.3) is 11.6 Å². The zero-order chi connectivity index (χ0) is 24.5. The van der Waals surface area contributed by atoms with Crippen molar-refractivity contribution < 1.29 is 18.1 Å². The number of amides is 1. The number of rotatable bonds is 5. The number of non-ortho nitro benzene ring substituents is 1. The minimum atomic E-state index is -3.68. The fourth-order valence-electron chi connectivity index (χ4n) is 3.78. The van der Waals surface area contributed by atoms with Crippen LogP contribution in [0.25, 0.3) is 10.2 Å². The Morgan fingerprint density at radius 3 is 2.53 bits per heavy atom. The maximum absolute atomic E-state index is 12.9. The van der Waals surface area contributed by atoms with Crippen LogP contribution < -0.4 is 4.80 Å². The highest BCUT2D eigenvalue weighted by Crippen LogP contribution is 2.26. The molecule has 1 aromatic heterocycles. The molecule has 1 amide bonds. The molecule has 2 heterocycles. The number of terminal acetylenes is 1. The van der Waals surface area contributed by atoms with Crippen LogP contribution in [0.2, 0.25) is 5.02 Å². The zero-order valence-electron chi connectivity index (χ0n) is 17.8. The molecule has 34 heavy (non-hydrogen) atoms. The standard InChI is InChI=1S/C22H19ClN4O5S2/c1-2-11-26-19-14-17(27(29)30)5-8-20(19)33-22(26)24-21(28)15-9-12-25(13-10-15)34(31,32)18-6-3-16(23)4-7-18/h1,3-8,14-15H,9-13H2. The third-order valence-corrected chi connectivity index (χ3v) is 8.81. The number of carbonyl (C=O) groups is 1. The molecule has 3 aromatic rings. The van der Waals surface area contributed by atoms with Crippen LogP contribution in [0, 0.1) is 28.4 Å². The largest absolute Gasteiger partial charge is 0.304 e. The van der Waals surface area contributed by atoms with Crippen molar-refractivity contribution in [1.29, 1.82) is 0 Å². The smallest absolute Gasteiger partial charge is 0.271 e. The molecule has 9 nitrogen and oxygen atoms in total. The van der Waals surface area contributed by atoms with Gasteiger partial charge in [0.05, 0.1) is 26.6 Å². The van der Waals surface area contributed by atoms with Crippen LogP contribution in [-0.4, -0.2) is 41.2 Å². The van der Waals surface area contributed by atoms with Crippen molar-refractivity contribution >= 4 is 54.8 Å². The molecular formula is C22H19ClN4O5S2. The average Bonchev–Trinajstić information content (AvgIpc) is 3.15. The van der Waals surface area contributed by atoms with Crippen molar-refractivity contribution in [1.82, 2.24) is 8.87 Å². The first-order chi connectivity index (χ1) is 16.2. The lowest BCUT2D eigenvalue weighted by atomic mass is 9.98. The molecule has 1 fully saturated rings. The number of sulfonamides is 1. The van der Waals surface area contributed by atoms with Gasteiger partial charge in [-0.3, -0.25) is 14.9 Å². The molecule has 0 N–H and O–H groups in total. The third-order valence-electron chi connectivity index (χ3n) is 5.59. The Bertz CT molecular complexity index is 1480. The SMILES string of the molecule is C#CCn1c(=NC(=O)C2CCN(S(=O)(=O)c3ccc(Cl)cc3)CC2)sc2ccc([N+](=O)[O-])cc21. The second-order valence-corrected chi connectivity index (χ2v) is 11.0. The summed E-state index contributed by atoms with van der Waals surface area (Å²) in [6.07, 6.45) is 6.13. The van der Waals surface area contributed by atoms with Crippen molar-refractivity contribution in [2.75, 3.05) is 13.1 Å². The van der Waals surface area contributed by atoms with Gasteiger partial charge < -0.3 is 4.57 Å². The summed E-state index contributed by atoms with van der Waals surface area (Å²) in [5.41, 5.74) is 0.454. The van der Waals surface area contributed by atoms with Gasteiger partial charge in [-0.1, -0.05) is 28.9 Å². The van der Waals surface area contributed by atoms with Gasteiger partial charge in [-0.05, 0) is 43.2 Å². The number of nitro benzene ring substituents is 1. The minimum absolute atomic E-state index is 0.0804. The van der Waals surface area contributed by atoms with Crippen LogP contribution in [-0.2, 0) is 21.4 Å². The summed E-state index contributed by atoms with van der Waals surface area (Å²) in [5, 5.41) is 11.6. The molecule has 1 aliphatic rings. The number of halogens is 1. The van der Waals surface area contributed by atoms with E-state index < -0.39 is 20.9 Å². The van der Waals surface area contributed by atoms with Crippen LogP contribution in [0.1, 0.15) is 12.8 Å². The Kier molecular flexibility index (Phi) is 6.86. The molecular weight excluding hydrogens is 500 g/mol. The highest BCUT2D eigenvalue weighted by molar-refractivity contribution is 7.89. The first kappa shape index (κ1) is 24.1. The molecule has 176 valence electrons. The number of nitrogens with zero attached hydrogens (tertiary/aromatic N) is 4. The van der Waals surface area contributed by atoms with Crippen molar-refractivity contribution in [2.24, 2.45) is 10.9 Å². The number of aromatic nitrogens is 1. The van der Waals surface area contributed by atoms with Gasteiger partial charge in [0.15, 0.2) is 4.80 Å². The molecule has 0 saturated carbocycles. The lowest BCUT2D eigenvalue weighted by Crippen LogP contribution is -2.40. The van der Waals surface area contributed by atoms with E-state index in [9.17, 15) is 23.3 Å². The van der Waals surface area contributed by atoms with Crippen molar-refractivity contribution in [3.8, 4) is 12.3 Å². The van der Waals surface area contributed by atoms with Gasteiger partial charge in [0.2, 0.25) is 10.0 Å². The Morgan fingerprint density at radius 2 is 1.91 bits per heavy atom. The highest BCUT2D eigenvalue weighted by Gasteiger charge is 2.32. The van der Waals surface area contributed by atoms with E-state index in [1.54, 1.807) is 10.6 Å². The normalized spacial score (nSPS) is 15.9. The lowest BCUT2D eigenvalue weighted by Gasteiger charge is -2.29. The van der Waals surface area contributed by atoms with E-state index in [0.717, 1.165) is 4.70 Å². The Hall–Kier alpha value is -3.04. The molecule has 12 heteroatoms. The molecule has 0 spiro atoms. The number of benzene rings is 2. The second-order valence-electron chi connectivity index (χ2n) is 7.67. The van der Waals surface area contributed by atoms with E-state index >= 15 is 0 Å². The molecule has 1 aliphatic heterocycles. The fourth-order valence-corrected chi connectivity index (χ4v) is 6.40. The monoisotopic (exact) mass is 518 g/mol. The van der Waals surface area contributed by atoms with Crippen LogP contribution in [0.15, 0.2) is 52.4 Å². The second kappa shape index (κ2) is 9.68. The molecule has 0 atom stereocenters. The Labute approximate surface area is 204 Å².